The van der Waals surface area contributed by atoms with E-state index in [4.69, 9.17) is 4.74 Å². The summed E-state index contributed by atoms with van der Waals surface area (Å²) in [4.78, 5) is 23.7. The highest BCUT2D eigenvalue weighted by molar-refractivity contribution is 5.86. The average molecular weight is 375 g/mol. The van der Waals surface area contributed by atoms with E-state index in [0.717, 1.165) is 44.9 Å². The van der Waals surface area contributed by atoms with Gasteiger partial charge in [0.25, 0.3) is 0 Å². The molecule has 3 saturated carbocycles. The second-order valence-electron chi connectivity index (χ2n) is 10.1. The molecule has 0 aromatic carbocycles. The molecule has 3 fully saturated rings. The van der Waals surface area contributed by atoms with E-state index in [-0.39, 0.29) is 28.7 Å². The third-order valence-electron chi connectivity index (χ3n) is 9.13. The zero-order valence-corrected chi connectivity index (χ0v) is 17.2. The van der Waals surface area contributed by atoms with E-state index in [1.807, 2.05) is 0 Å². The Hall–Kier alpha value is -1.16. The first kappa shape index (κ1) is 19.2. The first-order valence-corrected chi connectivity index (χ1v) is 10.7. The largest absolute Gasteiger partial charge is 0.462 e. The van der Waals surface area contributed by atoms with E-state index in [0.29, 0.717) is 24.2 Å². The van der Waals surface area contributed by atoms with Gasteiger partial charge in [0, 0.05) is 18.8 Å². The lowest BCUT2D eigenvalue weighted by Crippen LogP contribution is -2.57. The molecule has 4 aliphatic rings. The van der Waals surface area contributed by atoms with Gasteiger partial charge in [-0.15, -0.1) is 0 Å². The number of hydrogen-bond donors (Lipinski definition) is 1. The minimum Gasteiger partial charge on any atom is -0.462 e. The van der Waals surface area contributed by atoms with Gasteiger partial charge in [0.1, 0.15) is 11.7 Å². The van der Waals surface area contributed by atoms with Gasteiger partial charge in [0.15, 0.2) is 5.78 Å². The second-order valence-corrected chi connectivity index (χ2v) is 10.1. The molecule has 0 amide bonds. The SMILES string of the molecule is CC(=O)O[C@@H]1CC[C@@]2(C)C(=CC[C@@H]3[C@H]2CC[C@@]2(C)[C@@H]3CC[C@@]2(O)C(C)=O)C1. The Kier molecular flexibility index (Phi) is 4.38. The normalized spacial score (nSPS) is 48.7. The van der Waals surface area contributed by atoms with Crippen molar-refractivity contribution in [3.63, 3.8) is 0 Å². The molecule has 4 aliphatic carbocycles. The molecule has 150 valence electrons. The third-order valence-corrected chi connectivity index (χ3v) is 9.13. The second kappa shape index (κ2) is 6.17. The van der Waals surface area contributed by atoms with Crippen molar-refractivity contribution in [1.29, 1.82) is 0 Å². The van der Waals surface area contributed by atoms with Crippen molar-refractivity contribution in [3.05, 3.63) is 11.6 Å². The predicted molar refractivity (Wildman–Crippen MR) is 103 cm³/mol. The van der Waals surface area contributed by atoms with E-state index in [2.05, 4.69) is 19.9 Å². The number of Topliss-reactive ketones (excluding diaryl/α,β-unsaturated/α-hetero) is 1. The molecule has 0 aliphatic heterocycles. The minimum absolute atomic E-state index is 0.0292. The van der Waals surface area contributed by atoms with Crippen LogP contribution in [0.2, 0.25) is 0 Å². The van der Waals surface area contributed by atoms with Gasteiger partial charge in [-0.05, 0) is 75.0 Å². The number of rotatable bonds is 2. The van der Waals surface area contributed by atoms with Gasteiger partial charge in [0.2, 0.25) is 0 Å². The molecule has 0 aromatic heterocycles. The number of ether oxygens (including phenoxy) is 1. The summed E-state index contributed by atoms with van der Waals surface area (Å²) in [7, 11) is 0. The minimum atomic E-state index is -1.14. The van der Waals surface area contributed by atoms with Crippen molar-refractivity contribution < 1.29 is 19.4 Å². The van der Waals surface area contributed by atoms with Gasteiger partial charge >= 0.3 is 5.97 Å². The van der Waals surface area contributed by atoms with Gasteiger partial charge in [0.05, 0.1) is 0 Å². The highest BCUT2D eigenvalue weighted by atomic mass is 16.5. The van der Waals surface area contributed by atoms with Crippen LogP contribution in [0.4, 0.5) is 0 Å². The molecule has 4 rings (SSSR count). The van der Waals surface area contributed by atoms with Crippen LogP contribution in [0.1, 0.15) is 79.1 Å². The smallest absolute Gasteiger partial charge is 0.302 e. The molecule has 4 heteroatoms. The first-order chi connectivity index (χ1) is 12.6. The summed E-state index contributed by atoms with van der Waals surface area (Å²) in [5.41, 5.74) is 0.235. The zero-order valence-electron chi connectivity index (χ0n) is 17.2. The van der Waals surface area contributed by atoms with Crippen LogP contribution in [0.3, 0.4) is 0 Å². The molecule has 0 radical (unpaired) electrons. The van der Waals surface area contributed by atoms with Crippen LogP contribution in [-0.4, -0.2) is 28.6 Å². The van der Waals surface area contributed by atoms with Crippen molar-refractivity contribution in [3.8, 4) is 0 Å². The zero-order chi connectivity index (χ0) is 19.6. The molecule has 27 heavy (non-hydrogen) atoms. The van der Waals surface area contributed by atoms with E-state index < -0.39 is 5.60 Å². The molecule has 0 aromatic rings. The molecular weight excluding hydrogens is 340 g/mol. The van der Waals surface area contributed by atoms with Crippen molar-refractivity contribution in [2.75, 3.05) is 0 Å². The van der Waals surface area contributed by atoms with Gasteiger partial charge in [-0.25, -0.2) is 0 Å². The Morgan fingerprint density at radius 1 is 1.07 bits per heavy atom. The number of hydrogen-bond acceptors (Lipinski definition) is 4. The van der Waals surface area contributed by atoms with Gasteiger partial charge < -0.3 is 9.84 Å². The van der Waals surface area contributed by atoms with E-state index >= 15 is 0 Å². The summed E-state index contributed by atoms with van der Waals surface area (Å²) >= 11 is 0. The molecule has 0 unspecified atom stereocenters. The van der Waals surface area contributed by atoms with Gasteiger partial charge in [-0.1, -0.05) is 25.5 Å². The van der Waals surface area contributed by atoms with Crippen molar-refractivity contribution >= 4 is 11.8 Å². The van der Waals surface area contributed by atoms with Crippen molar-refractivity contribution in [2.45, 2.75) is 90.8 Å². The highest BCUT2D eigenvalue weighted by Crippen LogP contribution is 2.67. The number of ketones is 1. The number of carbonyl (C=O) groups is 2. The molecule has 0 bridgehead atoms. The summed E-state index contributed by atoms with van der Waals surface area (Å²) in [6.07, 6.45) is 9.96. The quantitative estimate of drug-likeness (QED) is 0.581. The molecule has 0 saturated heterocycles. The fraction of sp³-hybridized carbons (Fsp3) is 0.826. The van der Waals surface area contributed by atoms with Crippen molar-refractivity contribution in [2.24, 2.45) is 28.6 Å². The molecule has 4 nitrogen and oxygen atoms in total. The van der Waals surface area contributed by atoms with Crippen LogP contribution in [-0.2, 0) is 14.3 Å². The van der Waals surface area contributed by atoms with Crippen LogP contribution in [0.15, 0.2) is 11.6 Å². The summed E-state index contributed by atoms with van der Waals surface area (Å²) in [6, 6.07) is 0. The standard InChI is InChI=1S/C23H34O4/c1-14(24)23(26)12-9-20-18-6-5-16-13-17(27-15(2)25)7-10-21(16,3)19(18)8-11-22(20,23)4/h5,17-20,26H,6-13H2,1-4H3/t17-,18-,19-,20-,21+,22+,23-/m1/s1. The van der Waals surface area contributed by atoms with E-state index in [9.17, 15) is 14.7 Å². The summed E-state index contributed by atoms with van der Waals surface area (Å²) in [5, 5.41) is 11.2. The Morgan fingerprint density at radius 3 is 2.44 bits per heavy atom. The Morgan fingerprint density at radius 2 is 1.78 bits per heavy atom. The van der Waals surface area contributed by atoms with Gasteiger partial charge in [-0.3, -0.25) is 9.59 Å². The van der Waals surface area contributed by atoms with Crippen LogP contribution in [0.5, 0.6) is 0 Å². The summed E-state index contributed by atoms with van der Waals surface area (Å²) < 4.78 is 5.51. The predicted octanol–water partition coefficient (Wildman–Crippen LogP) is 4.20. The lowest BCUT2D eigenvalue weighted by molar-refractivity contribution is -0.160. The summed E-state index contributed by atoms with van der Waals surface area (Å²) in [6.45, 7) is 7.64. The average Bonchev–Trinajstić information content (AvgIpc) is 2.87. The first-order valence-electron chi connectivity index (χ1n) is 10.7. The fourth-order valence-electron chi connectivity index (χ4n) is 7.56. The Bertz CT molecular complexity index is 696. The highest BCUT2D eigenvalue weighted by Gasteiger charge is 2.65. The van der Waals surface area contributed by atoms with Crippen molar-refractivity contribution in [1.82, 2.24) is 0 Å². The Labute approximate surface area is 162 Å². The van der Waals surface area contributed by atoms with Crippen LogP contribution < -0.4 is 0 Å². The number of allylic oxidation sites excluding steroid dienone is 1. The number of fused-ring (bicyclic) bond motifs is 5. The molecule has 0 heterocycles. The third kappa shape index (κ3) is 2.58. The van der Waals surface area contributed by atoms with E-state index in [1.165, 1.54) is 12.5 Å². The lowest BCUT2D eigenvalue weighted by atomic mass is 9.47. The number of esters is 1. The molecular formula is C23H34O4. The molecule has 1 N–H and O–H groups in total. The topological polar surface area (TPSA) is 63.6 Å². The number of carbonyl (C=O) groups excluding carboxylic acids is 2. The maximum atomic E-state index is 12.3. The molecule has 0 spiro atoms. The summed E-state index contributed by atoms with van der Waals surface area (Å²) in [5.74, 6) is 1.36. The monoisotopic (exact) mass is 374 g/mol. The molecule has 7 atom stereocenters. The fourth-order valence-corrected chi connectivity index (χ4v) is 7.56. The lowest BCUT2D eigenvalue weighted by Gasteiger charge is -2.58. The maximum absolute atomic E-state index is 12.3. The van der Waals surface area contributed by atoms with Gasteiger partial charge in [-0.2, -0.15) is 0 Å². The van der Waals surface area contributed by atoms with Crippen LogP contribution >= 0.6 is 0 Å². The Balaban J connectivity index is 1.61. The van der Waals surface area contributed by atoms with E-state index in [1.54, 1.807) is 6.92 Å². The number of aliphatic hydroxyl groups is 1. The van der Waals surface area contributed by atoms with Crippen LogP contribution in [0.25, 0.3) is 0 Å². The van der Waals surface area contributed by atoms with Crippen LogP contribution in [0, 0.1) is 28.6 Å². The maximum Gasteiger partial charge on any atom is 0.302 e.